The van der Waals surface area contributed by atoms with E-state index >= 15 is 0 Å². The minimum atomic E-state index is 0.924. The number of aryl methyl sites for hydroxylation is 2. The molecule has 11 heavy (non-hydrogen) atoms. The van der Waals surface area contributed by atoms with Crippen LogP contribution in [-0.4, -0.2) is 9.55 Å². The first-order valence-electron chi connectivity index (χ1n) is 3.86. The average molecular weight is 152 g/mol. The van der Waals surface area contributed by atoms with Gasteiger partial charge in [-0.1, -0.05) is 20.4 Å². The smallest absolute Gasteiger partial charge is 0.132 e. The third-order valence-corrected chi connectivity index (χ3v) is 1.22. The monoisotopic (exact) mass is 152 g/mol. The van der Waals surface area contributed by atoms with Crippen molar-refractivity contribution in [3.05, 3.63) is 24.3 Å². The van der Waals surface area contributed by atoms with E-state index in [9.17, 15) is 0 Å². The number of imidazole rings is 1. The summed E-state index contributed by atoms with van der Waals surface area (Å²) >= 11 is 0. The molecule has 2 nitrogen and oxygen atoms in total. The number of aromatic nitrogens is 2. The van der Waals surface area contributed by atoms with E-state index in [1.165, 1.54) is 0 Å². The third kappa shape index (κ3) is 2.58. The van der Waals surface area contributed by atoms with Crippen molar-refractivity contribution >= 4 is 6.08 Å². The molecule has 0 saturated heterocycles. The highest BCUT2D eigenvalue weighted by Gasteiger charge is 1.94. The second kappa shape index (κ2) is 4.72. The summed E-state index contributed by atoms with van der Waals surface area (Å²) in [7, 11) is 1.96. The number of hydrogen-bond donors (Lipinski definition) is 0. The van der Waals surface area contributed by atoms with Gasteiger partial charge in [0, 0.05) is 13.2 Å². The van der Waals surface area contributed by atoms with Crippen LogP contribution in [-0.2, 0) is 7.05 Å². The lowest BCUT2D eigenvalue weighted by atomic mass is 10.6. The molecule has 0 amide bonds. The molecule has 1 heterocycles. The highest BCUT2D eigenvalue weighted by molar-refractivity contribution is 5.37. The Kier molecular flexibility index (Phi) is 4.27. The third-order valence-electron chi connectivity index (χ3n) is 1.22. The fourth-order valence-electron chi connectivity index (χ4n) is 0.824. The first-order valence-corrected chi connectivity index (χ1v) is 3.86. The summed E-state index contributed by atoms with van der Waals surface area (Å²) in [6.07, 6.45) is 3.71. The van der Waals surface area contributed by atoms with Gasteiger partial charge in [-0.15, -0.1) is 0 Å². The van der Waals surface area contributed by atoms with Gasteiger partial charge in [0.15, 0.2) is 0 Å². The Hall–Kier alpha value is -1.05. The van der Waals surface area contributed by atoms with Crippen LogP contribution in [0.5, 0.6) is 0 Å². The van der Waals surface area contributed by atoms with E-state index in [1.807, 2.05) is 38.6 Å². The van der Waals surface area contributed by atoms with Crippen LogP contribution < -0.4 is 0 Å². The second-order valence-electron chi connectivity index (χ2n) is 2.06. The van der Waals surface area contributed by atoms with E-state index in [2.05, 4.69) is 11.6 Å². The lowest BCUT2D eigenvalue weighted by Crippen LogP contribution is -1.87. The van der Waals surface area contributed by atoms with E-state index < -0.39 is 0 Å². The van der Waals surface area contributed by atoms with Crippen LogP contribution in [0.15, 0.2) is 12.8 Å². The molecule has 0 N–H and O–H groups in total. The van der Waals surface area contributed by atoms with Crippen LogP contribution in [0, 0.1) is 6.92 Å². The van der Waals surface area contributed by atoms with Crippen LogP contribution in [0.2, 0.25) is 0 Å². The SMILES string of the molecule is C=Cc1nc(C)cn1C.CC. The Morgan fingerprint density at radius 3 is 2.27 bits per heavy atom. The normalized spacial score (nSPS) is 8.36. The largest absolute Gasteiger partial charge is 0.334 e. The Labute approximate surface area is 68.6 Å². The van der Waals surface area contributed by atoms with Crippen LogP contribution >= 0.6 is 0 Å². The van der Waals surface area contributed by atoms with Crippen LogP contribution in [0.3, 0.4) is 0 Å². The molecule has 0 saturated carbocycles. The fourth-order valence-corrected chi connectivity index (χ4v) is 0.824. The molecule has 0 bridgehead atoms. The number of nitrogens with zero attached hydrogens (tertiary/aromatic N) is 2. The van der Waals surface area contributed by atoms with Crippen LogP contribution in [0.4, 0.5) is 0 Å². The van der Waals surface area contributed by atoms with E-state index in [-0.39, 0.29) is 0 Å². The Morgan fingerprint density at radius 1 is 1.55 bits per heavy atom. The summed E-state index contributed by atoms with van der Waals surface area (Å²) in [6, 6.07) is 0. The summed E-state index contributed by atoms with van der Waals surface area (Å²) in [5.74, 6) is 0.924. The Bertz CT molecular complexity index is 223. The molecule has 0 atom stereocenters. The standard InChI is InChI=1S/C7H10N2.C2H6/c1-4-7-8-6(2)5-9(7)3;1-2/h4-5H,1H2,2-3H3;1-2H3. The molecular formula is C9H16N2. The van der Waals surface area contributed by atoms with Gasteiger partial charge in [-0.05, 0) is 13.0 Å². The van der Waals surface area contributed by atoms with Crippen molar-refractivity contribution in [2.45, 2.75) is 20.8 Å². The highest BCUT2D eigenvalue weighted by atomic mass is 15.0. The molecule has 1 aromatic rings. The summed E-state index contributed by atoms with van der Waals surface area (Å²) < 4.78 is 1.95. The number of hydrogen-bond acceptors (Lipinski definition) is 1. The van der Waals surface area contributed by atoms with Crippen LogP contribution in [0.25, 0.3) is 6.08 Å². The molecule has 0 aromatic carbocycles. The van der Waals surface area contributed by atoms with Crippen molar-refractivity contribution in [1.29, 1.82) is 0 Å². The summed E-state index contributed by atoms with van der Waals surface area (Å²) in [5, 5.41) is 0. The van der Waals surface area contributed by atoms with Crippen molar-refractivity contribution in [2.24, 2.45) is 7.05 Å². The van der Waals surface area contributed by atoms with E-state index in [0.717, 1.165) is 11.5 Å². The van der Waals surface area contributed by atoms with Gasteiger partial charge in [-0.2, -0.15) is 0 Å². The lowest BCUT2D eigenvalue weighted by molar-refractivity contribution is 0.897. The minimum Gasteiger partial charge on any atom is -0.334 e. The van der Waals surface area contributed by atoms with Crippen molar-refractivity contribution in [1.82, 2.24) is 9.55 Å². The van der Waals surface area contributed by atoms with Gasteiger partial charge < -0.3 is 4.57 Å². The molecule has 0 spiro atoms. The van der Waals surface area contributed by atoms with Gasteiger partial charge in [0.25, 0.3) is 0 Å². The van der Waals surface area contributed by atoms with Gasteiger partial charge in [0.2, 0.25) is 0 Å². The summed E-state index contributed by atoms with van der Waals surface area (Å²) in [6.45, 7) is 9.59. The zero-order chi connectivity index (χ0) is 8.85. The first kappa shape index (κ1) is 9.95. The maximum absolute atomic E-state index is 4.17. The summed E-state index contributed by atoms with van der Waals surface area (Å²) in [4.78, 5) is 4.17. The van der Waals surface area contributed by atoms with Gasteiger partial charge in [0.05, 0.1) is 5.69 Å². The zero-order valence-corrected chi connectivity index (χ0v) is 7.76. The molecule has 0 aliphatic heterocycles. The van der Waals surface area contributed by atoms with Gasteiger partial charge in [-0.3, -0.25) is 0 Å². The van der Waals surface area contributed by atoms with Crippen molar-refractivity contribution in [3.8, 4) is 0 Å². The summed E-state index contributed by atoms with van der Waals surface area (Å²) in [5.41, 5.74) is 1.03. The van der Waals surface area contributed by atoms with Gasteiger partial charge in [0.1, 0.15) is 5.82 Å². The van der Waals surface area contributed by atoms with Gasteiger partial charge in [-0.25, -0.2) is 4.98 Å². The molecule has 1 rings (SSSR count). The minimum absolute atomic E-state index is 0.924. The Morgan fingerprint density at radius 2 is 2.09 bits per heavy atom. The quantitative estimate of drug-likeness (QED) is 0.604. The topological polar surface area (TPSA) is 17.8 Å². The van der Waals surface area contributed by atoms with Crippen molar-refractivity contribution in [2.75, 3.05) is 0 Å². The molecule has 62 valence electrons. The molecule has 0 radical (unpaired) electrons. The predicted molar refractivity (Wildman–Crippen MR) is 49.4 cm³/mol. The molecule has 0 aliphatic carbocycles. The molecule has 0 aliphatic rings. The Balaban J connectivity index is 0.000000461. The fraction of sp³-hybridized carbons (Fsp3) is 0.444. The molecular weight excluding hydrogens is 136 g/mol. The number of rotatable bonds is 1. The average Bonchev–Trinajstić information content (AvgIpc) is 2.33. The van der Waals surface area contributed by atoms with Crippen LogP contribution in [0.1, 0.15) is 25.4 Å². The maximum atomic E-state index is 4.17. The molecule has 0 unspecified atom stereocenters. The lowest BCUT2D eigenvalue weighted by Gasteiger charge is -1.89. The second-order valence-corrected chi connectivity index (χ2v) is 2.06. The van der Waals surface area contributed by atoms with Crippen molar-refractivity contribution in [3.63, 3.8) is 0 Å². The molecule has 2 heteroatoms. The first-order chi connectivity index (χ1) is 5.24. The molecule has 0 fully saturated rings. The van der Waals surface area contributed by atoms with E-state index in [0.29, 0.717) is 0 Å². The highest BCUT2D eigenvalue weighted by Crippen LogP contribution is 1.99. The van der Waals surface area contributed by atoms with E-state index in [1.54, 1.807) is 6.08 Å². The van der Waals surface area contributed by atoms with Crippen molar-refractivity contribution < 1.29 is 0 Å². The van der Waals surface area contributed by atoms with Gasteiger partial charge >= 0.3 is 0 Å². The predicted octanol–water partition coefficient (Wildman–Crippen LogP) is 2.40. The maximum Gasteiger partial charge on any atom is 0.132 e. The van der Waals surface area contributed by atoms with E-state index in [4.69, 9.17) is 0 Å². The molecule has 1 aromatic heterocycles. The zero-order valence-electron chi connectivity index (χ0n) is 7.76.